The first kappa shape index (κ1) is 28.1. The number of hydrogen-bond acceptors (Lipinski definition) is 6. The first-order chi connectivity index (χ1) is 24.8. The van der Waals surface area contributed by atoms with Gasteiger partial charge in [0.15, 0.2) is 23.1 Å². The van der Waals surface area contributed by atoms with Crippen LogP contribution in [0.25, 0.3) is 101 Å². The first-order valence-electron chi connectivity index (χ1n) is 16.5. The van der Waals surface area contributed by atoms with Crippen LogP contribution in [0.3, 0.4) is 0 Å². The zero-order valence-corrected chi connectivity index (χ0v) is 26.6. The molecule has 0 spiro atoms. The molecule has 3 aromatic heterocycles. The summed E-state index contributed by atoms with van der Waals surface area (Å²) < 4.78 is 13.0. The molecule has 0 bridgehead atoms. The molecule has 0 N–H and O–H groups in total. The fourth-order valence-corrected chi connectivity index (χ4v) is 6.78. The summed E-state index contributed by atoms with van der Waals surface area (Å²) in [6.45, 7) is 0. The van der Waals surface area contributed by atoms with Gasteiger partial charge in [-0.2, -0.15) is 0 Å². The minimum atomic E-state index is 0.520. The van der Waals surface area contributed by atoms with Crippen LogP contribution in [0.5, 0.6) is 0 Å². The van der Waals surface area contributed by atoms with E-state index in [1.54, 1.807) is 0 Å². The van der Waals surface area contributed by atoms with Crippen molar-refractivity contribution in [1.29, 1.82) is 0 Å². The van der Waals surface area contributed by atoms with Gasteiger partial charge in [0.1, 0.15) is 16.7 Å². The van der Waals surface area contributed by atoms with E-state index in [1.165, 1.54) is 0 Å². The number of nitrogens with zero attached hydrogens (tertiary/aromatic N) is 4. The average molecular weight is 643 g/mol. The molecule has 0 amide bonds. The van der Waals surface area contributed by atoms with Crippen molar-refractivity contribution in [3.63, 3.8) is 0 Å². The normalized spacial score (nSPS) is 11.6. The van der Waals surface area contributed by atoms with Gasteiger partial charge in [0.25, 0.3) is 0 Å². The highest BCUT2D eigenvalue weighted by molar-refractivity contribution is 6.11. The third-order valence-corrected chi connectivity index (χ3v) is 9.17. The van der Waals surface area contributed by atoms with Gasteiger partial charge in [-0.05, 0) is 52.9 Å². The Hall–Kier alpha value is -6.92. The standard InChI is InChI=1S/C44H26N4O2/c1-3-12-27(13-4-1)30-17-9-18-31(26-30)41-46-42(48-43(47-41)35-22-11-20-33-32-19-7-8-23-37(32)49-39(33)35)34-21-10-16-28-24-25-36-40(38(28)34)50-44(45-36)29-14-5-2-6-15-29/h1-26H. The predicted molar refractivity (Wildman–Crippen MR) is 199 cm³/mol. The van der Waals surface area contributed by atoms with Crippen molar-refractivity contribution in [2.75, 3.05) is 0 Å². The molecule has 6 nitrogen and oxygen atoms in total. The molecule has 0 fully saturated rings. The van der Waals surface area contributed by atoms with Gasteiger partial charge in [-0.15, -0.1) is 0 Å². The molecule has 0 saturated heterocycles. The lowest BCUT2D eigenvalue weighted by Crippen LogP contribution is -2.01. The molecule has 50 heavy (non-hydrogen) atoms. The highest BCUT2D eigenvalue weighted by Gasteiger charge is 2.21. The van der Waals surface area contributed by atoms with Crippen molar-refractivity contribution in [3.8, 4) is 56.7 Å². The lowest BCUT2D eigenvalue weighted by Gasteiger charge is -2.11. The number of benzene rings is 7. The summed E-state index contributed by atoms with van der Waals surface area (Å²) in [6, 6.07) is 53.0. The minimum Gasteiger partial charge on any atom is -0.455 e. The summed E-state index contributed by atoms with van der Waals surface area (Å²) in [5.74, 6) is 2.17. The van der Waals surface area contributed by atoms with Gasteiger partial charge in [0.2, 0.25) is 5.89 Å². The molecular formula is C44H26N4O2. The number of para-hydroxylation sites is 2. The zero-order valence-electron chi connectivity index (χ0n) is 26.6. The quantitative estimate of drug-likeness (QED) is 0.186. The Morgan fingerprint density at radius 1 is 0.380 bits per heavy atom. The third-order valence-electron chi connectivity index (χ3n) is 9.17. The molecule has 0 aliphatic rings. The zero-order chi connectivity index (χ0) is 33.0. The smallest absolute Gasteiger partial charge is 0.227 e. The van der Waals surface area contributed by atoms with Crippen LogP contribution in [0.2, 0.25) is 0 Å². The Morgan fingerprint density at radius 3 is 1.88 bits per heavy atom. The van der Waals surface area contributed by atoms with Crippen LogP contribution in [0, 0.1) is 0 Å². The topological polar surface area (TPSA) is 77.8 Å². The van der Waals surface area contributed by atoms with Crippen LogP contribution >= 0.6 is 0 Å². The van der Waals surface area contributed by atoms with Crippen molar-refractivity contribution in [2.24, 2.45) is 0 Å². The van der Waals surface area contributed by atoms with Gasteiger partial charge in [0, 0.05) is 32.8 Å². The van der Waals surface area contributed by atoms with E-state index in [1.807, 2.05) is 109 Å². The minimum absolute atomic E-state index is 0.520. The molecule has 0 aliphatic heterocycles. The summed E-state index contributed by atoms with van der Waals surface area (Å²) in [7, 11) is 0. The number of oxazole rings is 1. The number of fused-ring (bicyclic) bond motifs is 6. The second-order valence-corrected chi connectivity index (χ2v) is 12.2. The first-order valence-corrected chi connectivity index (χ1v) is 16.5. The van der Waals surface area contributed by atoms with Crippen LogP contribution in [-0.4, -0.2) is 19.9 Å². The van der Waals surface area contributed by atoms with E-state index in [-0.39, 0.29) is 0 Å². The SMILES string of the molecule is c1ccc(-c2cccc(-c3nc(-c4cccc5c4oc4ccccc45)nc(-c4cccc5ccc6nc(-c7ccccc7)oc6c45)n3)c2)cc1. The van der Waals surface area contributed by atoms with Gasteiger partial charge in [0.05, 0.1) is 5.56 Å². The molecule has 0 unspecified atom stereocenters. The van der Waals surface area contributed by atoms with Gasteiger partial charge < -0.3 is 8.83 Å². The van der Waals surface area contributed by atoms with Crippen molar-refractivity contribution >= 4 is 43.8 Å². The van der Waals surface area contributed by atoms with Crippen LogP contribution in [-0.2, 0) is 0 Å². The molecule has 3 heterocycles. The molecule has 0 atom stereocenters. The largest absolute Gasteiger partial charge is 0.455 e. The Balaban J connectivity index is 1.24. The Kier molecular flexibility index (Phi) is 6.39. The maximum Gasteiger partial charge on any atom is 0.227 e. The van der Waals surface area contributed by atoms with Crippen molar-refractivity contribution in [3.05, 3.63) is 158 Å². The third kappa shape index (κ3) is 4.65. The fraction of sp³-hybridized carbons (Fsp3) is 0. The second-order valence-electron chi connectivity index (χ2n) is 12.2. The number of rotatable bonds is 5. The van der Waals surface area contributed by atoms with Gasteiger partial charge >= 0.3 is 0 Å². The lowest BCUT2D eigenvalue weighted by atomic mass is 10.0. The van der Waals surface area contributed by atoms with Gasteiger partial charge in [-0.25, -0.2) is 19.9 Å². The average Bonchev–Trinajstić information content (AvgIpc) is 3.81. The fourth-order valence-electron chi connectivity index (χ4n) is 6.78. The molecule has 10 aromatic rings. The maximum absolute atomic E-state index is 6.52. The van der Waals surface area contributed by atoms with Crippen molar-refractivity contribution < 1.29 is 8.83 Å². The Labute approximate surface area is 286 Å². The van der Waals surface area contributed by atoms with Crippen LogP contribution in [0.4, 0.5) is 0 Å². The van der Waals surface area contributed by atoms with E-state index in [0.717, 1.165) is 71.6 Å². The van der Waals surface area contributed by atoms with E-state index >= 15 is 0 Å². The molecule has 0 radical (unpaired) electrons. The number of aromatic nitrogens is 4. The highest BCUT2D eigenvalue weighted by Crippen LogP contribution is 2.39. The summed E-state index contributed by atoms with van der Waals surface area (Å²) >= 11 is 0. The summed E-state index contributed by atoms with van der Waals surface area (Å²) in [5, 5.41) is 3.95. The molecule has 10 rings (SSSR count). The van der Waals surface area contributed by atoms with Crippen LogP contribution < -0.4 is 0 Å². The molecule has 7 aromatic carbocycles. The second kappa shape index (κ2) is 11.4. The van der Waals surface area contributed by atoms with Gasteiger partial charge in [-0.1, -0.05) is 121 Å². The Bertz CT molecular complexity index is 2880. The van der Waals surface area contributed by atoms with E-state index in [2.05, 4.69) is 48.5 Å². The van der Waals surface area contributed by atoms with E-state index in [9.17, 15) is 0 Å². The van der Waals surface area contributed by atoms with Crippen molar-refractivity contribution in [2.45, 2.75) is 0 Å². The maximum atomic E-state index is 6.52. The Morgan fingerprint density at radius 2 is 1.02 bits per heavy atom. The van der Waals surface area contributed by atoms with Crippen molar-refractivity contribution in [1.82, 2.24) is 19.9 Å². The molecule has 0 saturated carbocycles. The molecule has 0 aliphatic carbocycles. The molecule has 234 valence electrons. The van der Waals surface area contributed by atoms with E-state index in [4.69, 9.17) is 28.8 Å². The summed E-state index contributed by atoms with van der Waals surface area (Å²) in [6.07, 6.45) is 0. The monoisotopic (exact) mass is 642 g/mol. The lowest BCUT2D eigenvalue weighted by molar-refractivity contribution is 0.623. The molecular weight excluding hydrogens is 617 g/mol. The highest BCUT2D eigenvalue weighted by atomic mass is 16.3. The number of furan rings is 1. The van der Waals surface area contributed by atoms with Crippen LogP contribution in [0.1, 0.15) is 0 Å². The predicted octanol–water partition coefficient (Wildman–Crippen LogP) is 11.4. The summed E-state index contributed by atoms with van der Waals surface area (Å²) in [4.78, 5) is 20.3. The van der Waals surface area contributed by atoms with E-state index in [0.29, 0.717) is 28.9 Å². The van der Waals surface area contributed by atoms with Crippen LogP contribution in [0.15, 0.2) is 167 Å². The molecule has 6 heteroatoms. The van der Waals surface area contributed by atoms with E-state index < -0.39 is 0 Å². The summed E-state index contributed by atoms with van der Waals surface area (Å²) in [5.41, 5.74) is 8.60. The van der Waals surface area contributed by atoms with Gasteiger partial charge in [-0.3, -0.25) is 0 Å². The number of hydrogen-bond donors (Lipinski definition) is 0.